The van der Waals surface area contributed by atoms with E-state index >= 15 is 0 Å². The average molecular weight is 352 g/mol. The molecule has 24 heavy (non-hydrogen) atoms. The van der Waals surface area contributed by atoms with Crippen LogP contribution in [0.25, 0.3) is 0 Å². The number of amides is 2. The van der Waals surface area contributed by atoms with Crippen molar-refractivity contribution in [2.45, 2.75) is 33.1 Å². The molecule has 0 aromatic carbocycles. The van der Waals surface area contributed by atoms with Gasteiger partial charge in [-0.3, -0.25) is 14.5 Å². The second-order valence-corrected chi connectivity index (χ2v) is 7.19. The lowest BCUT2D eigenvalue weighted by molar-refractivity contribution is -0.135. The second-order valence-electron chi connectivity index (χ2n) is 6.16. The Morgan fingerprint density at radius 3 is 2.46 bits per heavy atom. The summed E-state index contributed by atoms with van der Waals surface area (Å²) in [6.07, 6.45) is 2.53. The zero-order valence-electron chi connectivity index (χ0n) is 14.9. The third kappa shape index (κ3) is 5.60. The molecule has 5 nitrogen and oxygen atoms in total. The molecule has 0 unspecified atom stereocenters. The van der Waals surface area contributed by atoms with E-state index in [2.05, 4.69) is 22.4 Å². The Bertz CT molecular complexity index is 506. The third-order valence-electron chi connectivity index (χ3n) is 4.59. The monoisotopic (exact) mass is 351 g/mol. The zero-order chi connectivity index (χ0) is 17.4. The summed E-state index contributed by atoms with van der Waals surface area (Å²) in [4.78, 5) is 31.8. The van der Waals surface area contributed by atoms with Crippen LogP contribution in [0.15, 0.2) is 17.5 Å². The van der Waals surface area contributed by atoms with Crippen LogP contribution in [0.3, 0.4) is 0 Å². The molecule has 1 aromatic rings. The Morgan fingerprint density at radius 1 is 1.17 bits per heavy atom. The van der Waals surface area contributed by atoms with Crippen molar-refractivity contribution < 1.29 is 9.59 Å². The Balaban J connectivity index is 1.66. The quantitative estimate of drug-likeness (QED) is 0.720. The van der Waals surface area contributed by atoms with Crippen LogP contribution in [0.4, 0.5) is 0 Å². The van der Waals surface area contributed by atoms with Gasteiger partial charge >= 0.3 is 0 Å². The lowest BCUT2D eigenvalue weighted by Gasteiger charge is -2.35. The van der Waals surface area contributed by atoms with Crippen LogP contribution >= 0.6 is 11.3 Å². The fourth-order valence-electron chi connectivity index (χ4n) is 3.05. The standard InChI is InChI=1S/C18H29N3O2S/c1-3-20(4-2)18(23)15-19-10-12-21(13-11-19)17(22)9-5-7-16-8-6-14-24-16/h6,8,14H,3-5,7,9-13,15H2,1-2H3. The van der Waals surface area contributed by atoms with Crippen molar-refractivity contribution >= 4 is 23.2 Å². The minimum Gasteiger partial charge on any atom is -0.342 e. The smallest absolute Gasteiger partial charge is 0.236 e. The number of rotatable bonds is 8. The summed E-state index contributed by atoms with van der Waals surface area (Å²) in [7, 11) is 0. The fraction of sp³-hybridized carbons (Fsp3) is 0.667. The van der Waals surface area contributed by atoms with Gasteiger partial charge in [-0.2, -0.15) is 0 Å². The van der Waals surface area contributed by atoms with E-state index in [1.807, 2.05) is 23.6 Å². The van der Waals surface area contributed by atoms with E-state index in [9.17, 15) is 9.59 Å². The first-order valence-electron chi connectivity index (χ1n) is 8.94. The van der Waals surface area contributed by atoms with Crippen LogP contribution in [0, 0.1) is 0 Å². The lowest BCUT2D eigenvalue weighted by atomic mass is 10.2. The molecule has 1 aromatic heterocycles. The first kappa shape index (κ1) is 18.9. The van der Waals surface area contributed by atoms with E-state index in [-0.39, 0.29) is 11.8 Å². The maximum absolute atomic E-state index is 12.3. The largest absolute Gasteiger partial charge is 0.342 e. The molecular formula is C18H29N3O2S. The van der Waals surface area contributed by atoms with E-state index in [0.717, 1.165) is 52.1 Å². The van der Waals surface area contributed by atoms with E-state index in [4.69, 9.17) is 0 Å². The minimum absolute atomic E-state index is 0.190. The summed E-state index contributed by atoms with van der Waals surface area (Å²) < 4.78 is 0. The van der Waals surface area contributed by atoms with Gasteiger partial charge in [0.2, 0.25) is 11.8 Å². The molecule has 0 atom stereocenters. The summed E-state index contributed by atoms with van der Waals surface area (Å²) >= 11 is 1.75. The van der Waals surface area contributed by atoms with Crippen LogP contribution in [-0.2, 0) is 16.0 Å². The number of hydrogen-bond acceptors (Lipinski definition) is 4. The number of nitrogens with zero attached hydrogens (tertiary/aromatic N) is 3. The van der Waals surface area contributed by atoms with E-state index in [1.165, 1.54) is 4.88 Å². The summed E-state index contributed by atoms with van der Waals surface area (Å²) in [5.41, 5.74) is 0. The number of piperazine rings is 1. The summed E-state index contributed by atoms with van der Waals surface area (Å²) in [6.45, 7) is 9.08. The minimum atomic E-state index is 0.190. The number of carbonyl (C=O) groups excluding carboxylic acids is 2. The van der Waals surface area contributed by atoms with Gasteiger partial charge in [0.1, 0.15) is 0 Å². The van der Waals surface area contributed by atoms with Gasteiger partial charge in [0, 0.05) is 50.6 Å². The van der Waals surface area contributed by atoms with Gasteiger partial charge in [-0.1, -0.05) is 6.07 Å². The van der Waals surface area contributed by atoms with Crippen molar-refractivity contribution in [3.05, 3.63) is 22.4 Å². The first-order valence-corrected chi connectivity index (χ1v) is 9.82. The molecule has 0 spiro atoms. The summed E-state index contributed by atoms with van der Waals surface area (Å²) in [5.74, 6) is 0.442. The molecule has 1 aliphatic heterocycles. The molecule has 2 rings (SSSR count). The SMILES string of the molecule is CCN(CC)C(=O)CN1CCN(C(=O)CCCc2cccs2)CC1. The van der Waals surface area contributed by atoms with Crippen LogP contribution in [-0.4, -0.2) is 72.3 Å². The number of hydrogen-bond donors (Lipinski definition) is 0. The molecule has 0 N–H and O–H groups in total. The topological polar surface area (TPSA) is 43.9 Å². The first-order chi connectivity index (χ1) is 11.6. The molecule has 134 valence electrons. The maximum Gasteiger partial charge on any atom is 0.236 e. The van der Waals surface area contributed by atoms with Crippen LogP contribution in [0.1, 0.15) is 31.6 Å². The van der Waals surface area contributed by atoms with E-state index < -0.39 is 0 Å². The van der Waals surface area contributed by atoms with Gasteiger partial charge in [-0.05, 0) is 38.1 Å². The highest BCUT2D eigenvalue weighted by molar-refractivity contribution is 7.09. The average Bonchev–Trinajstić information content (AvgIpc) is 3.10. The molecule has 2 heterocycles. The molecule has 0 bridgehead atoms. The van der Waals surface area contributed by atoms with Crippen molar-refractivity contribution in [2.75, 3.05) is 45.8 Å². The van der Waals surface area contributed by atoms with Crippen LogP contribution < -0.4 is 0 Å². The van der Waals surface area contributed by atoms with Crippen molar-refractivity contribution in [1.29, 1.82) is 0 Å². The van der Waals surface area contributed by atoms with Gasteiger partial charge < -0.3 is 9.80 Å². The second kappa shape index (κ2) is 9.79. The predicted octanol–water partition coefficient (Wildman–Crippen LogP) is 2.08. The number of aryl methyl sites for hydroxylation is 1. The Labute approximate surface area is 149 Å². The highest BCUT2D eigenvalue weighted by Gasteiger charge is 2.23. The molecule has 2 amide bonds. The molecule has 1 aliphatic rings. The predicted molar refractivity (Wildman–Crippen MR) is 98.2 cm³/mol. The van der Waals surface area contributed by atoms with Gasteiger partial charge in [0.05, 0.1) is 6.54 Å². The number of carbonyl (C=O) groups is 2. The van der Waals surface area contributed by atoms with Crippen molar-refractivity contribution in [3.8, 4) is 0 Å². The van der Waals surface area contributed by atoms with Gasteiger partial charge in [-0.15, -0.1) is 11.3 Å². The zero-order valence-corrected chi connectivity index (χ0v) is 15.7. The summed E-state index contributed by atoms with van der Waals surface area (Å²) in [5, 5.41) is 2.08. The lowest BCUT2D eigenvalue weighted by Crippen LogP contribution is -2.51. The van der Waals surface area contributed by atoms with Gasteiger partial charge in [0.25, 0.3) is 0 Å². The van der Waals surface area contributed by atoms with Gasteiger partial charge in [0.15, 0.2) is 0 Å². The highest BCUT2D eigenvalue weighted by Crippen LogP contribution is 2.13. The van der Waals surface area contributed by atoms with Crippen LogP contribution in [0.2, 0.25) is 0 Å². The van der Waals surface area contributed by atoms with Crippen molar-refractivity contribution in [1.82, 2.24) is 14.7 Å². The molecule has 0 aliphatic carbocycles. The Morgan fingerprint density at radius 2 is 1.88 bits per heavy atom. The van der Waals surface area contributed by atoms with Crippen molar-refractivity contribution in [2.24, 2.45) is 0 Å². The molecule has 1 saturated heterocycles. The summed E-state index contributed by atoms with van der Waals surface area (Å²) in [6, 6.07) is 4.18. The van der Waals surface area contributed by atoms with Gasteiger partial charge in [-0.25, -0.2) is 0 Å². The molecule has 0 saturated carbocycles. The maximum atomic E-state index is 12.3. The van der Waals surface area contributed by atoms with Crippen LogP contribution in [0.5, 0.6) is 0 Å². The fourth-order valence-corrected chi connectivity index (χ4v) is 3.80. The normalized spacial score (nSPS) is 15.5. The Kier molecular flexibility index (Phi) is 7.72. The highest BCUT2D eigenvalue weighted by atomic mass is 32.1. The molecular weight excluding hydrogens is 322 g/mol. The Hall–Kier alpha value is -1.40. The molecule has 0 radical (unpaired) electrons. The molecule has 1 fully saturated rings. The number of likely N-dealkylation sites (N-methyl/N-ethyl adjacent to an activating group) is 1. The van der Waals surface area contributed by atoms with Crippen molar-refractivity contribution in [3.63, 3.8) is 0 Å². The number of thiophene rings is 1. The molecule has 6 heteroatoms. The van der Waals surface area contributed by atoms with E-state index in [0.29, 0.717) is 13.0 Å². The third-order valence-corrected chi connectivity index (χ3v) is 5.53. The van der Waals surface area contributed by atoms with E-state index in [1.54, 1.807) is 11.3 Å².